The number of nitrogens with zero attached hydrogens (tertiary/aromatic N) is 1. The van der Waals surface area contributed by atoms with Gasteiger partial charge in [0.05, 0.1) is 23.6 Å². The number of para-hydroxylation sites is 1. The average molecular weight is 643 g/mol. The number of nitrogens with two attached hydrogens (primary N) is 2. The van der Waals surface area contributed by atoms with E-state index in [1.165, 1.54) is 4.57 Å². The number of carbonyl (C=O) groups excluding carboxylic acids is 3. The molecule has 1 fully saturated rings. The number of aromatic nitrogens is 2. The van der Waals surface area contributed by atoms with Crippen molar-refractivity contribution >= 4 is 45.4 Å². The summed E-state index contributed by atoms with van der Waals surface area (Å²) in [5.74, 6) is -2.11. The molecule has 4 atom stereocenters. The highest BCUT2D eigenvalue weighted by atomic mass is 16.4. The van der Waals surface area contributed by atoms with E-state index in [9.17, 15) is 24.3 Å². The molecule has 11 heteroatoms. The highest BCUT2D eigenvalue weighted by molar-refractivity contribution is 6.13. The van der Waals surface area contributed by atoms with Gasteiger partial charge in [-0.2, -0.15) is 0 Å². The van der Waals surface area contributed by atoms with E-state index >= 15 is 0 Å². The number of carbonyl (C=O) groups is 4. The molecule has 4 aromatic rings. The van der Waals surface area contributed by atoms with E-state index < -0.39 is 36.0 Å². The van der Waals surface area contributed by atoms with Gasteiger partial charge in [-0.25, -0.2) is 4.79 Å². The first-order valence-corrected chi connectivity index (χ1v) is 16.5. The fourth-order valence-electron chi connectivity index (χ4n) is 6.81. The van der Waals surface area contributed by atoms with Gasteiger partial charge >= 0.3 is 5.97 Å². The summed E-state index contributed by atoms with van der Waals surface area (Å²) >= 11 is 0. The monoisotopic (exact) mass is 642 g/mol. The predicted molar refractivity (Wildman–Crippen MR) is 183 cm³/mol. The third-order valence-electron chi connectivity index (χ3n) is 9.24. The Morgan fingerprint density at radius 3 is 2.51 bits per heavy atom. The van der Waals surface area contributed by atoms with Crippen LogP contribution in [0.15, 0.2) is 48.7 Å². The number of rotatable bonds is 12. The number of nitrogens with one attached hydrogen (secondary N) is 3. The lowest BCUT2D eigenvalue weighted by Gasteiger charge is -2.20. The largest absolute Gasteiger partial charge is 0.480 e. The van der Waals surface area contributed by atoms with Gasteiger partial charge in [-0.05, 0) is 68.3 Å². The molecule has 47 heavy (non-hydrogen) atoms. The van der Waals surface area contributed by atoms with Crippen molar-refractivity contribution in [2.75, 3.05) is 6.54 Å². The number of carboxylic acids is 1. The zero-order chi connectivity index (χ0) is 33.8. The smallest absolute Gasteiger partial charge is 0.326 e. The normalized spacial score (nSPS) is 17.4. The van der Waals surface area contributed by atoms with Crippen LogP contribution in [0.3, 0.4) is 0 Å². The third kappa shape index (κ3) is 7.32. The second-order valence-electron chi connectivity index (χ2n) is 13.2. The first kappa shape index (κ1) is 34.0. The van der Waals surface area contributed by atoms with Crippen molar-refractivity contribution < 1.29 is 24.3 Å². The lowest BCUT2D eigenvalue weighted by Crippen LogP contribution is -2.50. The number of hydrogen-bond acceptors (Lipinski definition) is 7. The van der Waals surface area contributed by atoms with Crippen molar-refractivity contribution in [1.82, 2.24) is 20.2 Å². The molecule has 1 aliphatic heterocycles. The van der Waals surface area contributed by atoms with Crippen molar-refractivity contribution in [2.45, 2.75) is 89.9 Å². The van der Waals surface area contributed by atoms with Crippen molar-refractivity contribution in [3.05, 3.63) is 71.0 Å². The molecule has 8 N–H and O–H groups in total. The summed E-state index contributed by atoms with van der Waals surface area (Å²) in [6.45, 7) is 6.38. The molecule has 1 saturated heterocycles. The molecule has 2 aromatic carbocycles. The Labute approximate surface area is 274 Å². The molecule has 3 heterocycles. The zero-order valence-corrected chi connectivity index (χ0v) is 27.3. The Bertz CT molecular complexity index is 1780. The molecule has 0 aliphatic carbocycles. The van der Waals surface area contributed by atoms with E-state index in [1.54, 1.807) is 25.1 Å². The van der Waals surface area contributed by atoms with Crippen LogP contribution in [0.4, 0.5) is 0 Å². The van der Waals surface area contributed by atoms with E-state index in [2.05, 4.69) is 15.6 Å². The van der Waals surface area contributed by atoms with E-state index in [0.29, 0.717) is 47.1 Å². The minimum atomic E-state index is -1.30. The molecule has 1 amide bonds. The Morgan fingerprint density at radius 1 is 1.00 bits per heavy atom. The topological polar surface area (TPSA) is 185 Å². The van der Waals surface area contributed by atoms with Crippen LogP contribution < -0.4 is 22.1 Å². The number of benzene rings is 2. The maximum Gasteiger partial charge on any atom is 0.326 e. The number of carboxylic acid groups (broad SMARTS) is 1. The number of amides is 1. The number of aromatic amines is 1. The number of H-pyrrole nitrogens is 1. The summed E-state index contributed by atoms with van der Waals surface area (Å²) in [6.07, 6.45) is 5.88. The fourth-order valence-corrected chi connectivity index (χ4v) is 6.81. The zero-order valence-electron chi connectivity index (χ0n) is 27.3. The van der Waals surface area contributed by atoms with Crippen LogP contribution in [0.2, 0.25) is 0 Å². The Kier molecular flexibility index (Phi) is 10.6. The maximum atomic E-state index is 14.2. The van der Waals surface area contributed by atoms with E-state index in [1.807, 2.05) is 44.3 Å². The molecule has 250 valence electrons. The highest BCUT2D eigenvalue weighted by Gasteiger charge is 2.32. The number of ketones is 1. The highest BCUT2D eigenvalue weighted by Crippen LogP contribution is 2.32. The summed E-state index contributed by atoms with van der Waals surface area (Å²) < 4.78 is 1.49. The molecular weight excluding hydrogens is 596 g/mol. The van der Waals surface area contributed by atoms with Crippen LogP contribution in [-0.2, 0) is 22.4 Å². The van der Waals surface area contributed by atoms with Gasteiger partial charge in [-0.15, -0.1) is 0 Å². The molecule has 0 bridgehead atoms. The van der Waals surface area contributed by atoms with Gasteiger partial charge in [0.1, 0.15) is 6.04 Å². The van der Waals surface area contributed by atoms with Crippen LogP contribution in [0.25, 0.3) is 21.8 Å². The molecule has 5 rings (SSSR count). The summed E-state index contributed by atoms with van der Waals surface area (Å²) in [5, 5.41) is 17.6. The van der Waals surface area contributed by atoms with Gasteiger partial charge in [0.25, 0.3) is 0 Å². The van der Waals surface area contributed by atoms with Crippen molar-refractivity contribution in [2.24, 2.45) is 17.4 Å². The standard InChI is InChI=1S/C36H46N6O5/c1-20(2)16-26(37)33(43)24-11-9-14-31-32(24)25(18-30(36(46)47)41-34(44)29-13-5-4-8-15-39-29)21(3)42(31)35(45)27(38)17-22-19-40-28-12-7-6-10-23(22)28/h6-7,9-12,14,19-20,26-27,29-30,39-40H,4-5,8,13,15-18,37-38H2,1-3H3,(H,41,44)(H,46,47). The van der Waals surface area contributed by atoms with Gasteiger partial charge in [-0.1, -0.05) is 57.0 Å². The number of aliphatic carboxylic acids is 1. The second kappa shape index (κ2) is 14.6. The average Bonchev–Trinajstić information content (AvgIpc) is 3.42. The first-order chi connectivity index (χ1) is 22.5. The van der Waals surface area contributed by atoms with Gasteiger partial charge in [0, 0.05) is 40.2 Å². The van der Waals surface area contributed by atoms with Crippen LogP contribution in [0.1, 0.15) is 77.9 Å². The van der Waals surface area contributed by atoms with E-state index in [-0.39, 0.29) is 30.4 Å². The Morgan fingerprint density at radius 2 is 1.77 bits per heavy atom. The second-order valence-corrected chi connectivity index (χ2v) is 13.2. The molecular formula is C36H46N6O5. The third-order valence-corrected chi connectivity index (χ3v) is 9.24. The number of Topliss-reactive ketones (excluding diaryl/α,β-unsaturated/α-hetero) is 1. The van der Waals surface area contributed by atoms with E-state index in [0.717, 1.165) is 35.7 Å². The van der Waals surface area contributed by atoms with Crippen LogP contribution in [0.5, 0.6) is 0 Å². The molecule has 1 aliphatic rings. The summed E-state index contributed by atoms with van der Waals surface area (Å²) in [5.41, 5.74) is 16.5. The quantitative estimate of drug-likeness (QED) is 0.126. The minimum Gasteiger partial charge on any atom is -0.480 e. The van der Waals surface area contributed by atoms with Crippen LogP contribution in [-0.4, -0.2) is 68.9 Å². The maximum absolute atomic E-state index is 14.2. The SMILES string of the molecule is Cc1c(CC(NC(=O)C2CCCCCN2)C(=O)O)c2c(C(=O)C(N)CC(C)C)cccc2n1C(=O)C(N)Cc1c[nH]c2ccccc12. The summed E-state index contributed by atoms with van der Waals surface area (Å²) in [7, 11) is 0. The van der Waals surface area contributed by atoms with Gasteiger partial charge in [0.2, 0.25) is 11.8 Å². The number of hydrogen-bond donors (Lipinski definition) is 6. The van der Waals surface area contributed by atoms with Crippen LogP contribution >= 0.6 is 0 Å². The lowest BCUT2D eigenvalue weighted by atomic mass is 9.92. The molecule has 4 unspecified atom stereocenters. The molecule has 0 spiro atoms. The van der Waals surface area contributed by atoms with Gasteiger partial charge in [-0.3, -0.25) is 19.0 Å². The fraction of sp³-hybridized carbons (Fsp3) is 0.444. The predicted octanol–water partition coefficient (Wildman–Crippen LogP) is 3.84. The van der Waals surface area contributed by atoms with E-state index in [4.69, 9.17) is 11.5 Å². The Hall–Kier alpha value is -4.32. The van der Waals surface area contributed by atoms with Crippen molar-refractivity contribution in [3.8, 4) is 0 Å². The molecule has 11 nitrogen and oxygen atoms in total. The lowest BCUT2D eigenvalue weighted by molar-refractivity contribution is -0.142. The Balaban J connectivity index is 1.55. The number of fused-ring (bicyclic) bond motifs is 2. The summed E-state index contributed by atoms with van der Waals surface area (Å²) in [6, 6.07) is 9.36. The van der Waals surface area contributed by atoms with Crippen molar-refractivity contribution in [3.63, 3.8) is 0 Å². The molecule has 0 saturated carbocycles. The molecule has 2 aromatic heterocycles. The minimum absolute atomic E-state index is 0.141. The van der Waals surface area contributed by atoms with Gasteiger partial charge < -0.3 is 32.2 Å². The first-order valence-electron chi connectivity index (χ1n) is 16.5. The molecule has 0 radical (unpaired) electrons. The van der Waals surface area contributed by atoms with Crippen LogP contribution in [0, 0.1) is 12.8 Å². The summed E-state index contributed by atoms with van der Waals surface area (Å²) in [4.78, 5) is 57.0. The van der Waals surface area contributed by atoms with Gasteiger partial charge in [0.15, 0.2) is 5.78 Å². The van der Waals surface area contributed by atoms with Crippen molar-refractivity contribution in [1.29, 1.82) is 0 Å².